The van der Waals surface area contributed by atoms with E-state index in [9.17, 15) is 24.6 Å². The first-order chi connectivity index (χ1) is 26.4. The first-order valence-electron chi connectivity index (χ1n) is 20.9. The number of carbonyl (C=O) groups excluding carboxylic acids is 3. The average molecular weight is 779 g/mol. The molecule has 9 nitrogen and oxygen atoms in total. The first kappa shape index (κ1) is 40.0. The second kappa shape index (κ2) is 12.4. The number of nitrogens with one attached hydrogen (secondary N) is 1. The van der Waals surface area contributed by atoms with Gasteiger partial charge in [0.1, 0.15) is 11.6 Å². The number of Topliss-reactive ketones (excluding diaryl/α,β-unsaturated/α-hetero) is 1. The molecule has 6 aliphatic rings. The quantitative estimate of drug-likeness (QED) is 0.117. The van der Waals surface area contributed by atoms with Crippen LogP contribution in [0.15, 0.2) is 48.1 Å². The number of aliphatic hydroxyl groups is 2. The number of carbonyl (C=O) groups is 3. The Morgan fingerprint density at radius 2 is 1.75 bits per heavy atom. The van der Waals surface area contributed by atoms with Gasteiger partial charge in [-0.15, -0.1) is 0 Å². The predicted octanol–water partition coefficient (Wildman–Crippen LogP) is 8.17. The third-order valence-corrected chi connectivity index (χ3v) is 15.9. The lowest BCUT2D eigenvalue weighted by Gasteiger charge is -2.64. The highest BCUT2D eigenvalue weighted by Crippen LogP contribution is 2.71. The van der Waals surface area contributed by atoms with E-state index < -0.39 is 46.4 Å². The van der Waals surface area contributed by atoms with Crippen molar-refractivity contribution in [3.8, 4) is 0 Å². The summed E-state index contributed by atoms with van der Waals surface area (Å²) in [7, 11) is 1.30. The van der Waals surface area contributed by atoms with Crippen LogP contribution in [0, 0.1) is 28.6 Å². The minimum Gasteiger partial charge on any atom is -0.467 e. The number of aliphatic hydroxyl groups excluding tert-OH is 2. The van der Waals surface area contributed by atoms with Crippen LogP contribution < -0.4 is 5.32 Å². The molecule has 2 aromatic rings. The number of esters is 1. The number of nitrogens with zero attached hydrogens (tertiary/aromatic N) is 1. The Morgan fingerprint density at radius 1 is 1.07 bits per heavy atom. The summed E-state index contributed by atoms with van der Waals surface area (Å²) in [5.41, 5.74) is 4.61. The molecule has 2 aliphatic heterocycles. The minimum absolute atomic E-state index is 0.0102. The van der Waals surface area contributed by atoms with Crippen molar-refractivity contribution < 1.29 is 34.1 Å². The molecule has 8 rings (SSSR count). The lowest BCUT2D eigenvalue weighted by molar-refractivity contribution is -0.148. The van der Waals surface area contributed by atoms with E-state index in [-0.39, 0.29) is 34.4 Å². The van der Waals surface area contributed by atoms with Gasteiger partial charge >= 0.3 is 5.97 Å². The highest BCUT2D eigenvalue weighted by molar-refractivity contribution is 6.18. The van der Waals surface area contributed by atoms with Gasteiger partial charge in [-0.2, -0.15) is 0 Å². The maximum absolute atomic E-state index is 15.0. The molecule has 0 bridgehead atoms. The number of allylic oxidation sites excluding steroid dienone is 3. The highest BCUT2D eigenvalue weighted by Gasteiger charge is 2.68. The minimum atomic E-state index is -1.18. The summed E-state index contributed by atoms with van der Waals surface area (Å²) < 4.78 is 13.7. The molecule has 3 heterocycles. The highest BCUT2D eigenvalue weighted by atomic mass is 16.5. The molecule has 2 saturated carbocycles. The first-order valence-corrected chi connectivity index (χ1v) is 20.9. The zero-order chi connectivity index (χ0) is 41.7. The van der Waals surface area contributed by atoms with Crippen LogP contribution in [0.4, 0.5) is 0 Å². The normalized spacial score (nSPS) is 36.0. The summed E-state index contributed by atoms with van der Waals surface area (Å²) in [6.07, 6.45) is 10.7. The maximum Gasteiger partial charge on any atom is 0.330 e. The van der Waals surface area contributed by atoms with Crippen LogP contribution >= 0.6 is 0 Å². The lowest BCUT2D eigenvalue weighted by Crippen LogP contribution is -2.62. The molecule has 9 atom stereocenters. The zero-order valence-corrected chi connectivity index (χ0v) is 36.0. The fourth-order valence-corrected chi connectivity index (χ4v) is 13.3. The van der Waals surface area contributed by atoms with E-state index in [0.717, 1.165) is 58.9 Å². The molecule has 306 valence electrons. The summed E-state index contributed by atoms with van der Waals surface area (Å²) in [6.45, 7) is 26.5. The second-order valence-electron chi connectivity index (χ2n) is 20.6. The smallest absolute Gasteiger partial charge is 0.330 e. The molecule has 0 saturated heterocycles. The number of methoxy groups -OCH3 is 1. The van der Waals surface area contributed by atoms with E-state index in [4.69, 9.17) is 9.47 Å². The van der Waals surface area contributed by atoms with Crippen LogP contribution in [-0.4, -0.2) is 62.4 Å². The standard InChI is InChI=1S/C48H62N2O7/c1-24(2)36-39(53)34-33-27(30-23-43(4,5)57-45(8,9)35(30)38(33)52)22-28-29-21-26-16-17-31-46(10,19-14-15-25(3)41(54)49-44(6,7)42(55)56-13)32(51)18-20-47(31,11)48(26,12)40(29)50(36)37(28)34/h14-15,19,22-23,26,31-32,35-36,38,51-52H,1,16-18,20-21H2,2-13H3,(H,49,54)/b19-14+,25-15+/t26-,31-,32-,35+,36-,38+,46-,47-,48+/m0/s1. The number of amides is 1. The number of aromatic nitrogens is 1. The van der Waals surface area contributed by atoms with E-state index in [2.05, 4.69) is 69.3 Å². The van der Waals surface area contributed by atoms with Crippen molar-refractivity contribution in [1.82, 2.24) is 9.88 Å². The number of rotatable bonds is 6. The van der Waals surface area contributed by atoms with Gasteiger partial charge in [0.2, 0.25) is 5.91 Å². The fourth-order valence-electron chi connectivity index (χ4n) is 13.3. The van der Waals surface area contributed by atoms with Gasteiger partial charge in [-0.1, -0.05) is 51.2 Å². The molecule has 1 amide bonds. The van der Waals surface area contributed by atoms with Crippen molar-refractivity contribution in [3.05, 3.63) is 76.0 Å². The number of ketones is 1. The van der Waals surface area contributed by atoms with Crippen molar-refractivity contribution >= 4 is 34.1 Å². The van der Waals surface area contributed by atoms with E-state index in [0.29, 0.717) is 23.5 Å². The summed E-state index contributed by atoms with van der Waals surface area (Å²) >= 11 is 0. The Balaban J connectivity index is 1.25. The van der Waals surface area contributed by atoms with Crippen LogP contribution in [0.2, 0.25) is 0 Å². The van der Waals surface area contributed by atoms with Gasteiger partial charge in [0.15, 0.2) is 5.78 Å². The molecule has 4 aliphatic carbocycles. The molecular weight excluding hydrogens is 717 g/mol. The molecule has 2 fully saturated rings. The largest absolute Gasteiger partial charge is 0.467 e. The fraction of sp³-hybridized carbons (Fsp3) is 0.604. The maximum atomic E-state index is 15.0. The average Bonchev–Trinajstić information content (AvgIpc) is 3.78. The summed E-state index contributed by atoms with van der Waals surface area (Å²) in [5.74, 6) is -0.722. The van der Waals surface area contributed by atoms with Crippen molar-refractivity contribution in [3.63, 3.8) is 0 Å². The van der Waals surface area contributed by atoms with Crippen LogP contribution in [0.5, 0.6) is 0 Å². The van der Waals surface area contributed by atoms with Gasteiger partial charge in [0, 0.05) is 39.0 Å². The van der Waals surface area contributed by atoms with E-state index in [1.54, 1.807) is 26.8 Å². The molecule has 3 N–H and O–H groups in total. The van der Waals surface area contributed by atoms with Crippen molar-refractivity contribution in [2.24, 2.45) is 28.6 Å². The van der Waals surface area contributed by atoms with E-state index in [1.807, 2.05) is 26.8 Å². The number of hydrogen-bond donors (Lipinski definition) is 3. The van der Waals surface area contributed by atoms with Gasteiger partial charge in [-0.05, 0) is 134 Å². The SMILES string of the molecule is C=C(C)[C@H]1C(=O)c2c3c(cc4c5c(n1c24)[C@@]1(C)[C@@H](CC[C@H]2[C@](C)(/C=C/C=C(\C)C(=O)NC(C)(C)C(=O)OC)[C@@H](O)CC[C@@]21C)C5)C1=CC(C)(C)OC(C)(C)[C@H]1[C@@H]3O. The Hall–Kier alpha value is -3.79. The van der Waals surface area contributed by atoms with Gasteiger partial charge in [0.25, 0.3) is 0 Å². The van der Waals surface area contributed by atoms with Gasteiger partial charge < -0.3 is 29.6 Å². The van der Waals surface area contributed by atoms with Crippen molar-refractivity contribution in [2.45, 2.75) is 149 Å². The third-order valence-electron chi connectivity index (χ3n) is 15.9. The topological polar surface area (TPSA) is 127 Å². The van der Waals surface area contributed by atoms with Gasteiger partial charge in [0.05, 0.1) is 41.6 Å². The number of fused-ring (bicyclic) bond motifs is 11. The molecular formula is C48H62N2O7. The Kier molecular flexibility index (Phi) is 8.68. The third kappa shape index (κ3) is 5.19. The van der Waals surface area contributed by atoms with E-state index in [1.165, 1.54) is 18.4 Å². The number of ether oxygens (including phenoxy) is 2. The molecule has 1 aromatic carbocycles. The summed E-state index contributed by atoms with van der Waals surface area (Å²) in [6, 6.07) is 1.73. The van der Waals surface area contributed by atoms with Gasteiger partial charge in [-0.3, -0.25) is 9.59 Å². The Labute approximate surface area is 337 Å². The van der Waals surface area contributed by atoms with Crippen LogP contribution in [-0.2, 0) is 30.9 Å². The zero-order valence-electron chi connectivity index (χ0n) is 36.0. The second-order valence-corrected chi connectivity index (χ2v) is 20.6. The Morgan fingerprint density at radius 3 is 2.40 bits per heavy atom. The molecule has 57 heavy (non-hydrogen) atoms. The van der Waals surface area contributed by atoms with Crippen LogP contribution in [0.25, 0.3) is 16.5 Å². The molecule has 0 radical (unpaired) electrons. The van der Waals surface area contributed by atoms with Crippen molar-refractivity contribution in [2.75, 3.05) is 7.11 Å². The molecule has 9 heteroatoms. The van der Waals surface area contributed by atoms with Crippen LogP contribution in [0.3, 0.4) is 0 Å². The summed E-state index contributed by atoms with van der Waals surface area (Å²) in [5, 5.41) is 28.0. The van der Waals surface area contributed by atoms with Gasteiger partial charge in [-0.25, -0.2) is 4.79 Å². The molecule has 0 unspecified atom stereocenters. The monoisotopic (exact) mass is 778 g/mol. The molecule has 0 spiro atoms. The Bertz CT molecular complexity index is 2270. The molecule has 1 aromatic heterocycles. The predicted molar refractivity (Wildman–Crippen MR) is 222 cm³/mol. The number of benzene rings is 1. The lowest BCUT2D eigenvalue weighted by atomic mass is 9.40. The summed E-state index contributed by atoms with van der Waals surface area (Å²) in [4.78, 5) is 40.3. The van der Waals surface area contributed by atoms with Crippen LogP contribution in [0.1, 0.15) is 147 Å². The number of hydrogen-bond acceptors (Lipinski definition) is 7. The van der Waals surface area contributed by atoms with Crippen molar-refractivity contribution in [1.29, 1.82) is 0 Å². The van der Waals surface area contributed by atoms with E-state index >= 15 is 0 Å².